The van der Waals surface area contributed by atoms with Crippen molar-refractivity contribution in [1.29, 1.82) is 0 Å². The predicted molar refractivity (Wildman–Crippen MR) is 102 cm³/mol. The van der Waals surface area contributed by atoms with Gasteiger partial charge in [0.25, 0.3) is 5.91 Å². The maximum atomic E-state index is 12.7. The molecule has 27 heavy (non-hydrogen) atoms. The Morgan fingerprint density at radius 2 is 2.04 bits per heavy atom. The lowest BCUT2D eigenvalue weighted by Gasteiger charge is -2.14. The summed E-state index contributed by atoms with van der Waals surface area (Å²) in [6.07, 6.45) is 0.621. The van der Waals surface area contributed by atoms with Crippen LogP contribution in [0.3, 0.4) is 0 Å². The molecular formula is C19H22N2O5S. The van der Waals surface area contributed by atoms with E-state index < -0.39 is 15.9 Å². The zero-order chi connectivity index (χ0) is 19.4. The van der Waals surface area contributed by atoms with E-state index in [1.807, 2.05) is 25.1 Å². The van der Waals surface area contributed by atoms with Crippen LogP contribution in [-0.4, -0.2) is 40.7 Å². The van der Waals surface area contributed by atoms with E-state index in [2.05, 4.69) is 10.0 Å². The second-order valence-corrected chi connectivity index (χ2v) is 8.08. The number of benzene rings is 2. The molecule has 0 spiro atoms. The molecule has 1 amide bonds. The Labute approximate surface area is 158 Å². The van der Waals surface area contributed by atoms with E-state index in [9.17, 15) is 13.2 Å². The van der Waals surface area contributed by atoms with Crippen molar-refractivity contribution in [2.75, 3.05) is 25.6 Å². The summed E-state index contributed by atoms with van der Waals surface area (Å²) in [4.78, 5) is 12.7. The summed E-state index contributed by atoms with van der Waals surface area (Å²) in [5.41, 5.74) is 1.76. The van der Waals surface area contributed by atoms with E-state index >= 15 is 0 Å². The highest BCUT2D eigenvalue weighted by atomic mass is 32.2. The van der Waals surface area contributed by atoms with Gasteiger partial charge < -0.3 is 14.8 Å². The summed E-state index contributed by atoms with van der Waals surface area (Å²) in [5.74, 6) is -0.151. The van der Waals surface area contributed by atoms with Gasteiger partial charge in [0.1, 0.15) is 5.75 Å². The van der Waals surface area contributed by atoms with Crippen LogP contribution in [0.1, 0.15) is 22.3 Å². The van der Waals surface area contributed by atoms with Crippen molar-refractivity contribution in [3.05, 3.63) is 53.6 Å². The maximum Gasteiger partial charge on any atom is 0.259 e. The normalized spacial score (nSPS) is 16.9. The quantitative estimate of drug-likeness (QED) is 0.790. The first kappa shape index (κ1) is 19.3. The SMILES string of the molecule is COc1ccc(S(=O)(=O)N[C@H]2CCOC2)cc1C(=O)Nc1cccc(C)c1. The van der Waals surface area contributed by atoms with E-state index in [1.54, 1.807) is 6.07 Å². The Kier molecular flexibility index (Phi) is 5.79. The molecule has 2 N–H and O–H groups in total. The summed E-state index contributed by atoms with van der Waals surface area (Å²) >= 11 is 0. The van der Waals surface area contributed by atoms with E-state index in [4.69, 9.17) is 9.47 Å². The average molecular weight is 390 g/mol. The topological polar surface area (TPSA) is 93.7 Å². The summed E-state index contributed by atoms with van der Waals surface area (Å²) in [7, 11) is -2.34. The number of amides is 1. The van der Waals surface area contributed by atoms with Crippen molar-refractivity contribution >= 4 is 21.6 Å². The zero-order valence-electron chi connectivity index (χ0n) is 15.2. The first-order chi connectivity index (χ1) is 12.9. The van der Waals surface area contributed by atoms with Crippen molar-refractivity contribution in [2.24, 2.45) is 0 Å². The standard InChI is InChI=1S/C19H22N2O5S/c1-13-4-3-5-14(10-13)20-19(22)17-11-16(6-7-18(17)25-2)27(23,24)21-15-8-9-26-12-15/h3-7,10-11,15,21H,8-9,12H2,1-2H3,(H,20,22)/t15-/m0/s1. The Hall–Kier alpha value is -2.42. The van der Waals surface area contributed by atoms with Crippen molar-refractivity contribution < 1.29 is 22.7 Å². The molecule has 0 aromatic heterocycles. The number of carbonyl (C=O) groups excluding carboxylic acids is 1. The van der Waals surface area contributed by atoms with E-state index in [0.717, 1.165) is 5.56 Å². The molecule has 8 heteroatoms. The van der Waals surface area contributed by atoms with Crippen molar-refractivity contribution in [3.8, 4) is 5.75 Å². The van der Waals surface area contributed by atoms with Gasteiger partial charge in [0.2, 0.25) is 10.0 Å². The van der Waals surface area contributed by atoms with Crippen LogP contribution in [0.5, 0.6) is 5.75 Å². The van der Waals surface area contributed by atoms with Gasteiger partial charge in [-0.05, 0) is 49.2 Å². The molecule has 0 radical (unpaired) electrons. The number of hydrogen-bond acceptors (Lipinski definition) is 5. The van der Waals surface area contributed by atoms with E-state index in [0.29, 0.717) is 31.1 Å². The van der Waals surface area contributed by atoms with Gasteiger partial charge in [-0.25, -0.2) is 13.1 Å². The Morgan fingerprint density at radius 1 is 1.22 bits per heavy atom. The molecule has 7 nitrogen and oxygen atoms in total. The van der Waals surface area contributed by atoms with Gasteiger partial charge in [0.15, 0.2) is 0 Å². The number of carbonyl (C=O) groups is 1. The van der Waals surface area contributed by atoms with Crippen LogP contribution >= 0.6 is 0 Å². The Bertz CT molecular complexity index is 937. The molecule has 1 atom stereocenters. The summed E-state index contributed by atoms with van der Waals surface area (Å²) in [6, 6.07) is 11.3. The molecule has 3 rings (SSSR count). The monoisotopic (exact) mass is 390 g/mol. The molecule has 1 saturated heterocycles. The minimum atomic E-state index is -3.77. The molecule has 1 aliphatic rings. The molecule has 0 aliphatic carbocycles. The number of nitrogens with one attached hydrogen (secondary N) is 2. The second-order valence-electron chi connectivity index (χ2n) is 6.37. The smallest absolute Gasteiger partial charge is 0.259 e. The Balaban J connectivity index is 1.87. The third kappa shape index (κ3) is 4.65. The maximum absolute atomic E-state index is 12.7. The average Bonchev–Trinajstić information content (AvgIpc) is 3.13. The predicted octanol–water partition coefficient (Wildman–Crippen LogP) is 2.32. The molecule has 1 aliphatic heterocycles. The fraction of sp³-hybridized carbons (Fsp3) is 0.316. The lowest BCUT2D eigenvalue weighted by atomic mass is 10.1. The first-order valence-electron chi connectivity index (χ1n) is 8.55. The lowest BCUT2D eigenvalue weighted by molar-refractivity contribution is 0.102. The fourth-order valence-electron chi connectivity index (χ4n) is 2.87. The molecule has 1 fully saturated rings. The van der Waals surface area contributed by atoms with Crippen molar-refractivity contribution in [3.63, 3.8) is 0 Å². The van der Waals surface area contributed by atoms with Crippen LogP contribution < -0.4 is 14.8 Å². The highest BCUT2D eigenvalue weighted by molar-refractivity contribution is 7.89. The third-order valence-corrected chi connectivity index (χ3v) is 5.77. The van der Waals surface area contributed by atoms with Gasteiger partial charge in [0.05, 0.1) is 24.2 Å². The fourth-order valence-corrected chi connectivity index (χ4v) is 4.15. The lowest BCUT2D eigenvalue weighted by Crippen LogP contribution is -2.35. The molecule has 0 unspecified atom stereocenters. The van der Waals surface area contributed by atoms with Gasteiger partial charge >= 0.3 is 0 Å². The number of ether oxygens (including phenoxy) is 2. The van der Waals surface area contributed by atoms with Crippen molar-refractivity contribution in [2.45, 2.75) is 24.3 Å². The number of methoxy groups -OCH3 is 1. The van der Waals surface area contributed by atoms with E-state index in [-0.39, 0.29) is 16.5 Å². The van der Waals surface area contributed by atoms with Gasteiger partial charge in [-0.1, -0.05) is 12.1 Å². The van der Waals surface area contributed by atoms with Crippen LogP contribution in [0.15, 0.2) is 47.4 Å². The number of hydrogen-bond donors (Lipinski definition) is 2. The molecular weight excluding hydrogens is 368 g/mol. The summed E-state index contributed by atoms with van der Waals surface area (Å²) in [6.45, 7) is 2.79. The molecule has 0 saturated carbocycles. The number of anilines is 1. The van der Waals surface area contributed by atoms with Gasteiger partial charge in [-0.2, -0.15) is 0 Å². The van der Waals surface area contributed by atoms with Crippen LogP contribution in [-0.2, 0) is 14.8 Å². The number of sulfonamides is 1. The first-order valence-corrected chi connectivity index (χ1v) is 10.0. The molecule has 2 aromatic carbocycles. The minimum absolute atomic E-state index is 0.00425. The molecule has 2 aromatic rings. The summed E-state index contributed by atoms with van der Waals surface area (Å²) in [5, 5.41) is 2.77. The number of aryl methyl sites for hydroxylation is 1. The van der Waals surface area contributed by atoms with E-state index in [1.165, 1.54) is 25.3 Å². The van der Waals surface area contributed by atoms with Crippen LogP contribution in [0, 0.1) is 6.92 Å². The summed E-state index contributed by atoms with van der Waals surface area (Å²) < 4.78 is 38.3. The minimum Gasteiger partial charge on any atom is -0.496 e. The highest BCUT2D eigenvalue weighted by Crippen LogP contribution is 2.24. The van der Waals surface area contributed by atoms with Gasteiger partial charge in [-0.3, -0.25) is 4.79 Å². The second kappa shape index (κ2) is 8.08. The third-order valence-electron chi connectivity index (χ3n) is 4.25. The molecule has 144 valence electrons. The van der Waals surface area contributed by atoms with Gasteiger partial charge in [0, 0.05) is 18.3 Å². The van der Waals surface area contributed by atoms with Crippen LogP contribution in [0.25, 0.3) is 0 Å². The van der Waals surface area contributed by atoms with Crippen LogP contribution in [0.4, 0.5) is 5.69 Å². The molecule has 1 heterocycles. The highest BCUT2D eigenvalue weighted by Gasteiger charge is 2.25. The number of rotatable bonds is 6. The van der Waals surface area contributed by atoms with Crippen molar-refractivity contribution in [1.82, 2.24) is 4.72 Å². The molecule has 0 bridgehead atoms. The van der Waals surface area contributed by atoms with Crippen LogP contribution in [0.2, 0.25) is 0 Å². The zero-order valence-corrected chi connectivity index (χ0v) is 16.0. The Morgan fingerprint density at radius 3 is 2.70 bits per heavy atom. The largest absolute Gasteiger partial charge is 0.496 e. The van der Waals surface area contributed by atoms with Gasteiger partial charge in [-0.15, -0.1) is 0 Å².